The summed E-state index contributed by atoms with van der Waals surface area (Å²) in [6.45, 7) is 9.84. The average molecular weight is 413 g/mol. The maximum absolute atomic E-state index is 11.6. The maximum Gasteiger partial charge on any atom is 0.306 e. The van der Waals surface area contributed by atoms with E-state index in [2.05, 4.69) is 6.92 Å². The molecular weight excluding hydrogens is 364 g/mol. The number of unbranched alkanes of at least 4 members (excludes halogenated alkanes) is 10. The molecule has 0 aliphatic heterocycles. The van der Waals surface area contributed by atoms with Gasteiger partial charge in [-0.05, 0) is 46.5 Å². The van der Waals surface area contributed by atoms with Gasteiger partial charge in [0.2, 0.25) is 0 Å². The van der Waals surface area contributed by atoms with Gasteiger partial charge in [0.1, 0.15) is 0 Å². The monoisotopic (exact) mass is 412 g/mol. The fourth-order valence-electron chi connectivity index (χ4n) is 3.51. The summed E-state index contributed by atoms with van der Waals surface area (Å²) >= 11 is 0. The Balaban J connectivity index is 3.29. The van der Waals surface area contributed by atoms with E-state index in [4.69, 9.17) is 9.47 Å². The van der Waals surface area contributed by atoms with Crippen molar-refractivity contribution in [3.05, 3.63) is 0 Å². The summed E-state index contributed by atoms with van der Waals surface area (Å²) in [7, 11) is 0. The van der Waals surface area contributed by atoms with Crippen molar-refractivity contribution in [1.82, 2.24) is 0 Å². The third-order valence-electron chi connectivity index (χ3n) is 5.15. The SMILES string of the molecule is CC(CCCCCCCCCCCCCC(=O)OC(C)C)CCC(=O)OC(C)C. The number of carbonyl (C=O) groups excluding carboxylic acids is 2. The van der Waals surface area contributed by atoms with Gasteiger partial charge in [-0.25, -0.2) is 0 Å². The summed E-state index contributed by atoms with van der Waals surface area (Å²) in [4.78, 5) is 23.0. The Kier molecular flexibility index (Phi) is 18.2. The molecule has 0 aromatic carbocycles. The average Bonchev–Trinajstić information content (AvgIpc) is 2.62. The zero-order chi connectivity index (χ0) is 21.9. The quantitative estimate of drug-likeness (QED) is 0.164. The highest BCUT2D eigenvalue weighted by atomic mass is 16.5. The third kappa shape index (κ3) is 21.5. The molecule has 0 heterocycles. The van der Waals surface area contributed by atoms with Crippen molar-refractivity contribution in [2.45, 2.75) is 143 Å². The fourth-order valence-corrected chi connectivity index (χ4v) is 3.51. The van der Waals surface area contributed by atoms with Crippen molar-refractivity contribution < 1.29 is 19.1 Å². The lowest BCUT2D eigenvalue weighted by molar-refractivity contribution is -0.148. The highest BCUT2D eigenvalue weighted by Gasteiger charge is 2.09. The second-order valence-electron chi connectivity index (χ2n) is 9.15. The van der Waals surface area contributed by atoms with Crippen molar-refractivity contribution >= 4 is 11.9 Å². The number of hydrogen-bond donors (Lipinski definition) is 0. The number of hydrogen-bond acceptors (Lipinski definition) is 4. The largest absolute Gasteiger partial charge is 0.463 e. The lowest BCUT2D eigenvalue weighted by Crippen LogP contribution is -2.12. The van der Waals surface area contributed by atoms with Gasteiger partial charge in [0, 0.05) is 12.8 Å². The van der Waals surface area contributed by atoms with Gasteiger partial charge in [-0.2, -0.15) is 0 Å². The minimum Gasteiger partial charge on any atom is -0.463 e. The van der Waals surface area contributed by atoms with Gasteiger partial charge in [0.05, 0.1) is 12.2 Å². The Bertz CT molecular complexity index is 404. The van der Waals surface area contributed by atoms with Gasteiger partial charge in [-0.1, -0.05) is 77.6 Å². The summed E-state index contributed by atoms with van der Waals surface area (Å²) in [5, 5.41) is 0. The summed E-state index contributed by atoms with van der Waals surface area (Å²) in [6.07, 6.45) is 17.2. The molecule has 172 valence electrons. The first-order valence-electron chi connectivity index (χ1n) is 12.2. The second-order valence-corrected chi connectivity index (χ2v) is 9.15. The smallest absolute Gasteiger partial charge is 0.306 e. The van der Waals surface area contributed by atoms with E-state index in [0.29, 0.717) is 18.8 Å². The molecule has 0 fully saturated rings. The van der Waals surface area contributed by atoms with Crippen LogP contribution in [0, 0.1) is 5.92 Å². The van der Waals surface area contributed by atoms with E-state index in [-0.39, 0.29) is 24.1 Å². The first kappa shape index (κ1) is 27.9. The predicted octanol–water partition coefficient (Wildman–Crippen LogP) is 7.38. The summed E-state index contributed by atoms with van der Waals surface area (Å²) in [5.41, 5.74) is 0. The zero-order valence-corrected chi connectivity index (χ0v) is 20.0. The third-order valence-corrected chi connectivity index (χ3v) is 5.15. The summed E-state index contributed by atoms with van der Waals surface area (Å²) in [6, 6.07) is 0. The van der Waals surface area contributed by atoms with Crippen LogP contribution >= 0.6 is 0 Å². The first-order chi connectivity index (χ1) is 13.8. The molecule has 0 aromatic rings. The highest BCUT2D eigenvalue weighted by molar-refractivity contribution is 5.69. The molecule has 4 nitrogen and oxygen atoms in total. The van der Waals surface area contributed by atoms with E-state index < -0.39 is 0 Å². The van der Waals surface area contributed by atoms with Crippen LogP contribution in [0.3, 0.4) is 0 Å². The predicted molar refractivity (Wildman–Crippen MR) is 121 cm³/mol. The molecule has 29 heavy (non-hydrogen) atoms. The normalized spacial score (nSPS) is 12.4. The highest BCUT2D eigenvalue weighted by Crippen LogP contribution is 2.17. The first-order valence-corrected chi connectivity index (χ1v) is 12.2. The molecule has 0 amide bonds. The molecule has 0 radical (unpaired) electrons. The van der Waals surface area contributed by atoms with E-state index in [1.165, 1.54) is 64.2 Å². The van der Waals surface area contributed by atoms with Crippen LogP contribution in [0.2, 0.25) is 0 Å². The topological polar surface area (TPSA) is 52.6 Å². The Morgan fingerprint density at radius 1 is 0.517 bits per heavy atom. The molecule has 0 aliphatic rings. The van der Waals surface area contributed by atoms with E-state index in [1.54, 1.807) is 0 Å². The molecule has 0 rings (SSSR count). The van der Waals surface area contributed by atoms with Crippen LogP contribution in [0.1, 0.15) is 131 Å². The molecule has 0 saturated heterocycles. The molecule has 0 aliphatic carbocycles. The van der Waals surface area contributed by atoms with Crippen molar-refractivity contribution in [3.8, 4) is 0 Å². The Labute approximate surface area is 180 Å². The molecule has 0 aromatic heterocycles. The molecular formula is C25H48O4. The van der Waals surface area contributed by atoms with Crippen molar-refractivity contribution in [1.29, 1.82) is 0 Å². The van der Waals surface area contributed by atoms with Gasteiger partial charge in [-0.15, -0.1) is 0 Å². The number of esters is 2. The number of ether oxygens (including phenoxy) is 2. The van der Waals surface area contributed by atoms with E-state index in [0.717, 1.165) is 19.3 Å². The van der Waals surface area contributed by atoms with Crippen LogP contribution in [-0.2, 0) is 19.1 Å². The Hall–Kier alpha value is -1.06. The summed E-state index contributed by atoms with van der Waals surface area (Å²) < 4.78 is 10.3. The van der Waals surface area contributed by atoms with Crippen LogP contribution in [0.15, 0.2) is 0 Å². The standard InChI is InChI=1S/C25H48O4/c1-21(2)28-24(26)18-16-14-12-10-8-6-7-9-11-13-15-17-23(5)19-20-25(27)29-22(3)4/h21-23H,6-20H2,1-5H3. The summed E-state index contributed by atoms with van der Waals surface area (Å²) in [5.74, 6) is 0.505. The van der Waals surface area contributed by atoms with E-state index in [9.17, 15) is 9.59 Å². The molecule has 0 spiro atoms. The molecule has 0 bridgehead atoms. The van der Waals surface area contributed by atoms with Gasteiger partial charge >= 0.3 is 11.9 Å². The minimum absolute atomic E-state index is 0.00172. The zero-order valence-electron chi connectivity index (χ0n) is 20.0. The van der Waals surface area contributed by atoms with Crippen LogP contribution in [-0.4, -0.2) is 24.1 Å². The van der Waals surface area contributed by atoms with Crippen LogP contribution in [0.4, 0.5) is 0 Å². The molecule has 0 saturated carbocycles. The maximum atomic E-state index is 11.6. The van der Waals surface area contributed by atoms with E-state index >= 15 is 0 Å². The number of rotatable bonds is 19. The molecule has 0 N–H and O–H groups in total. The van der Waals surface area contributed by atoms with Gasteiger partial charge < -0.3 is 9.47 Å². The van der Waals surface area contributed by atoms with Crippen molar-refractivity contribution in [3.63, 3.8) is 0 Å². The van der Waals surface area contributed by atoms with Crippen molar-refractivity contribution in [2.24, 2.45) is 5.92 Å². The van der Waals surface area contributed by atoms with E-state index in [1.807, 2.05) is 27.7 Å². The van der Waals surface area contributed by atoms with Crippen molar-refractivity contribution in [2.75, 3.05) is 0 Å². The Morgan fingerprint density at radius 3 is 1.34 bits per heavy atom. The molecule has 4 heteroatoms. The minimum atomic E-state index is -0.0551. The van der Waals surface area contributed by atoms with Gasteiger partial charge in [0.15, 0.2) is 0 Å². The second kappa shape index (κ2) is 18.9. The van der Waals surface area contributed by atoms with Gasteiger partial charge in [0.25, 0.3) is 0 Å². The molecule has 1 unspecified atom stereocenters. The van der Waals surface area contributed by atoms with Crippen LogP contribution < -0.4 is 0 Å². The number of carbonyl (C=O) groups is 2. The lowest BCUT2D eigenvalue weighted by Gasteiger charge is -2.12. The van der Waals surface area contributed by atoms with Crippen LogP contribution in [0.25, 0.3) is 0 Å². The molecule has 1 atom stereocenters. The Morgan fingerprint density at radius 2 is 0.897 bits per heavy atom. The van der Waals surface area contributed by atoms with Gasteiger partial charge in [-0.3, -0.25) is 9.59 Å². The lowest BCUT2D eigenvalue weighted by atomic mass is 9.97. The van der Waals surface area contributed by atoms with Crippen LogP contribution in [0.5, 0.6) is 0 Å². The fraction of sp³-hybridized carbons (Fsp3) is 0.920.